The summed E-state index contributed by atoms with van der Waals surface area (Å²) in [6, 6.07) is 0. The zero-order valence-electron chi connectivity index (χ0n) is 14.1. The van der Waals surface area contributed by atoms with E-state index in [-0.39, 0.29) is 0 Å². The van der Waals surface area contributed by atoms with Crippen LogP contribution in [0.1, 0.15) is 45.0 Å². The second-order valence-electron chi connectivity index (χ2n) is 5.58. The second kappa shape index (κ2) is 9.55. The van der Waals surface area contributed by atoms with E-state index in [1.165, 1.54) is 0 Å². The molecule has 1 heterocycles. The highest BCUT2D eigenvalue weighted by atomic mass is 16.5. The Morgan fingerprint density at radius 2 is 1.76 bits per heavy atom. The van der Waals surface area contributed by atoms with E-state index in [1.54, 1.807) is 7.11 Å². The maximum Gasteiger partial charge on any atom is 0.134 e. The van der Waals surface area contributed by atoms with Gasteiger partial charge in [0.2, 0.25) is 0 Å². The van der Waals surface area contributed by atoms with Crippen LogP contribution in [0.25, 0.3) is 0 Å². The molecule has 0 aliphatic carbocycles. The lowest BCUT2D eigenvalue weighted by atomic mass is 10.2. The van der Waals surface area contributed by atoms with Crippen LogP contribution in [0, 0.1) is 12.8 Å². The van der Waals surface area contributed by atoms with Gasteiger partial charge in [0.1, 0.15) is 17.5 Å². The highest BCUT2D eigenvalue weighted by Gasteiger charge is 2.11. The third-order valence-electron chi connectivity index (χ3n) is 3.28. The molecule has 1 aromatic rings. The van der Waals surface area contributed by atoms with Crippen LogP contribution >= 0.6 is 0 Å². The third kappa shape index (κ3) is 5.87. The molecule has 0 saturated carbocycles. The summed E-state index contributed by atoms with van der Waals surface area (Å²) < 4.78 is 5.18. The fourth-order valence-corrected chi connectivity index (χ4v) is 2.10. The van der Waals surface area contributed by atoms with Crippen molar-refractivity contribution >= 4 is 11.6 Å². The average molecular weight is 294 g/mol. The van der Waals surface area contributed by atoms with Gasteiger partial charge in [-0.05, 0) is 25.7 Å². The Labute approximate surface area is 128 Å². The minimum absolute atomic E-state index is 0.450. The van der Waals surface area contributed by atoms with Crippen molar-refractivity contribution in [2.75, 3.05) is 37.4 Å². The number of aromatic nitrogens is 2. The number of methoxy groups -OCH3 is 1. The summed E-state index contributed by atoms with van der Waals surface area (Å²) in [6.07, 6.45) is 3.04. The molecule has 0 amide bonds. The molecular formula is C16H30N4O. The second-order valence-corrected chi connectivity index (χ2v) is 5.58. The summed E-state index contributed by atoms with van der Waals surface area (Å²) in [5.41, 5.74) is 1.09. The molecule has 0 saturated heterocycles. The normalized spacial score (nSPS) is 12.2. The van der Waals surface area contributed by atoms with Crippen LogP contribution in [0.15, 0.2) is 0 Å². The Bertz CT molecular complexity index is 423. The molecule has 5 heteroatoms. The summed E-state index contributed by atoms with van der Waals surface area (Å²) >= 11 is 0. The fraction of sp³-hybridized carbons (Fsp3) is 0.750. The standard InChI is InChI=1S/C16H30N4O/c1-6-8-14-19-15(17-9-7-2)13(4)16(20-14)18-10-12(3)11-21-5/h12H,6-11H2,1-5H3,(H2,17,18,19,20). The first-order valence-corrected chi connectivity index (χ1v) is 7.96. The van der Waals surface area contributed by atoms with E-state index < -0.39 is 0 Å². The molecule has 1 atom stereocenters. The van der Waals surface area contributed by atoms with Gasteiger partial charge in [0.25, 0.3) is 0 Å². The van der Waals surface area contributed by atoms with Crippen molar-refractivity contribution in [3.05, 3.63) is 11.4 Å². The molecule has 2 N–H and O–H groups in total. The number of hydrogen-bond donors (Lipinski definition) is 2. The van der Waals surface area contributed by atoms with Crippen molar-refractivity contribution in [2.45, 2.75) is 47.0 Å². The van der Waals surface area contributed by atoms with Crippen molar-refractivity contribution in [3.63, 3.8) is 0 Å². The Balaban J connectivity index is 2.86. The lowest BCUT2D eigenvalue weighted by molar-refractivity contribution is 0.164. The predicted octanol–water partition coefficient (Wildman–Crippen LogP) is 3.25. The molecule has 0 aromatic carbocycles. The van der Waals surface area contributed by atoms with Gasteiger partial charge in [0.15, 0.2) is 0 Å². The van der Waals surface area contributed by atoms with Crippen molar-refractivity contribution in [3.8, 4) is 0 Å². The van der Waals surface area contributed by atoms with Crippen molar-refractivity contribution in [1.82, 2.24) is 9.97 Å². The van der Waals surface area contributed by atoms with Crippen LogP contribution in [0.3, 0.4) is 0 Å². The number of anilines is 2. The van der Waals surface area contributed by atoms with Crippen LogP contribution in [-0.2, 0) is 11.2 Å². The molecule has 120 valence electrons. The molecule has 21 heavy (non-hydrogen) atoms. The fourth-order valence-electron chi connectivity index (χ4n) is 2.10. The summed E-state index contributed by atoms with van der Waals surface area (Å²) in [5.74, 6) is 3.25. The molecular weight excluding hydrogens is 264 g/mol. The molecule has 5 nitrogen and oxygen atoms in total. The molecule has 1 unspecified atom stereocenters. The van der Waals surface area contributed by atoms with Gasteiger partial charge in [0.05, 0.1) is 6.61 Å². The Hall–Kier alpha value is -1.36. The van der Waals surface area contributed by atoms with Crippen LogP contribution in [0.5, 0.6) is 0 Å². The largest absolute Gasteiger partial charge is 0.384 e. The van der Waals surface area contributed by atoms with Crippen LogP contribution in [0.4, 0.5) is 11.6 Å². The lowest BCUT2D eigenvalue weighted by Crippen LogP contribution is -2.18. The Morgan fingerprint density at radius 1 is 1.10 bits per heavy atom. The maximum atomic E-state index is 5.18. The summed E-state index contributed by atoms with van der Waals surface area (Å²) in [4.78, 5) is 9.30. The topological polar surface area (TPSA) is 59.1 Å². The predicted molar refractivity (Wildman–Crippen MR) is 89.1 cm³/mol. The first-order valence-electron chi connectivity index (χ1n) is 7.96. The monoisotopic (exact) mass is 294 g/mol. The van der Waals surface area contributed by atoms with Gasteiger partial charge in [-0.1, -0.05) is 20.8 Å². The summed E-state index contributed by atoms with van der Waals surface area (Å²) in [7, 11) is 1.73. The van der Waals surface area contributed by atoms with Gasteiger partial charge in [-0.2, -0.15) is 0 Å². The zero-order chi connectivity index (χ0) is 15.7. The average Bonchev–Trinajstić information content (AvgIpc) is 2.46. The van der Waals surface area contributed by atoms with Gasteiger partial charge in [-0.15, -0.1) is 0 Å². The molecule has 0 aliphatic heterocycles. The van der Waals surface area contributed by atoms with Crippen LogP contribution in [-0.4, -0.2) is 36.8 Å². The van der Waals surface area contributed by atoms with Gasteiger partial charge >= 0.3 is 0 Å². The van der Waals surface area contributed by atoms with E-state index in [0.29, 0.717) is 5.92 Å². The minimum Gasteiger partial charge on any atom is -0.384 e. The summed E-state index contributed by atoms with van der Waals surface area (Å²) in [5, 5.41) is 6.84. The van der Waals surface area contributed by atoms with E-state index in [1.807, 2.05) is 0 Å². The van der Waals surface area contributed by atoms with Crippen LogP contribution < -0.4 is 10.6 Å². The van der Waals surface area contributed by atoms with Crippen molar-refractivity contribution in [1.29, 1.82) is 0 Å². The molecule has 0 aliphatic rings. The van der Waals surface area contributed by atoms with Crippen LogP contribution in [0.2, 0.25) is 0 Å². The lowest BCUT2D eigenvalue weighted by Gasteiger charge is -2.17. The zero-order valence-corrected chi connectivity index (χ0v) is 14.1. The van der Waals surface area contributed by atoms with E-state index in [4.69, 9.17) is 4.74 Å². The molecule has 0 radical (unpaired) electrons. The summed E-state index contributed by atoms with van der Waals surface area (Å²) in [6.45, 7) is 11.1. The van der Waals surface area contributed by atoms with E-state index in [0.717, 1.165) is 62.0 Å². The molecule has 0 bridgehead atoms. The van der Waals surface area contributed by atoms with E-state index in [2.05, 4.69) is 48.3 Å². The minimum atomic E-state index is 0.450. The first kappa shape index (κ1) is 17.7. The molecule has 0 fully saturated rings. The molecule has 1 aromatic heterocycles. The van der Waals surface area contributed by atoms with E-state index >= 15 is 0 Å². The Kier molecular flexibility index (Phi) is 8.05. The van der Waals surface area contributed by atoms with Crippen molar-refractivity contribution < 1.29 is 4.74 Å². The first-order chi connectivity index (χ1) is 10.1. The van der Waals surface area contributed by atoms with Gasteiger partial charge < -0.3 is 15.4 Å². The smallest absolute Gasteiger partial charge is 0.134 e. The number of hydrogen-bond acceptors (Lipinski definition) is 5. The quantitative estimate of drug-likeness (QED) is 0.693. The SMILES string of the molecule is CCCNc1nc(CCC)nc(NCC(C)COC)c1C. The Morgan fingerprint density at radius 3 is 2.33 bits per heavy atom. The highest BCUT2D eigenvalue weighted by Crippen LogP contribution is 2.21. The van der Waals surface area contributed by atoms with Crippen molar-refractivity contribution in [2.24, 2.45) is 5.92 Å². The number of aryl methyl sites for hydroxylation is 1. The number of ether oxygens (including phenoxy) is 1. The van der Waals surface area contributed by atoms with E-state index in [9.17, 15) is 0 Å². The van der Waals surface area contributed by atoms with Gasteiger partial charge in [0, 0.05) is 32.2 Å². The highest BCUT2D eigenvalue weighted by molar-refractivity contribution is 5.57. The van der Waals surface area contributed by atoms with Gasteiger partial charge in [-0.3, -0.25) is 0 Å². The maximum absolute atomic E-state index is 5.18. The molecule has 1 rings (SSSR count). The molecule has 0 spiro atoms. The number of nitrogens with one attached hydrogen (secondary N) is 2. The number of rotatable bonds is 10. The third-order valence-corrected chi connectivity index (χ3v) is 3.28. The van der Waals surface area contributed by atoms with Gasteiger partial charge in [-0.25, -0.2) is 9.97 Å². The number of nitrogens with zero attached hydrogens (tertiary/aromatic N) is 2.